The highest BCUT2D eigenvalue weighted by Gasteiger charge is 2.30. The van der Waals surface area contributed by atoms with E-state index in [9.17, 15) is 17.2 Å². The molecule has 0 radical (unpaired) electrons. The Labute approximate surface area is 122 Å². The largest absolute Gasteiger partial charge is 0.497 e. The highest BCUT2D eigenvalue weighted by Crippen LogP contribution is 2.15. The Kier molecular flexibility index (Phi) is 6.02. The molecule has 0 aromatic heterocycles. The average molecular weight is 324 g/mol. The molecule has 0 aliphatic heterocycles. The van der Waals surface area contributed by atoms with Crippen LogP contribution in [0.5, 0.6) is 5.75 Å². The van der Waals surface area contributed by atoms with Gasteiger partial charge in [-0.2, -0.15) is 17.4 Å². The van der Waals surface area contributed by atoms with Crippen molar-refractivity contribution in [3.8, 4) is 5.75 Å². The van der Waals surface area contributed by atoms with E-state index in [2.05, 4.69) is 0 Å². The van der Waals surface area contributed by atoms with Crippen molar-refractivity contribution in [2.24, 2.45) is 0 Å². The standard InChI is InChI=1S/C12H18F2N2O4S/c1-16(7-10-4-3-5-11(6-10)20-2)21(18,19)15-8-12(13,14)9-17/h3-6,15,17H,7-9H2,1-2H3. The third-order valence-corrected chi connectivity index (χ3v) is 4.15. The van der Waals surface area contributed by atoms with Crippen molar-refractivity contribution >= 4 is 10.2 Å². The zero-order chi connectivity index (χ0) is 16.1. The van der Waals surface area contributed by atoms with Crippen molar-refractivity contribution in [3.63, 3.8) is 0 Å². The topological polar surface area (TPSA) is 78.9 Å². The number of nitrogens with one attached hydrogen (secondary N) is 1. The molecule has 0 saturated carbocycles. The molecule has 6 nitrogen and oxygen atoms in total. The highest BCUT2D eigenvalue weighted by atomic mass is 32.2. The van der Waals surface area contributed by atoms with Gasteiger partial charge in [-0.1, -0.05) is 12.1 Å². The fourth-order valence-electron chi connectivity index (χ4n) is 1.48. The lowest BCUT2D eigenvalue weighted by atomic mass is 10.2. The van der Waals surface area contributed by atoms with Gasteiger partial charge in [0.1, 0.15) is 12.4 Å². The Hall–Kier alpha value is -1.29. The van der Waals surface area contributed by atoms with Crippen molar-refractivity contribution < 1.29 is 27.0 Å². The minimum atomic E-state index is -4.07. The van der Waals surface area contributed by atoms with Crippen LogP contribution in [-0.4, -0.2) is 51.1 Å². The van der Waals surface area contributed by atoms with Crippen molar-refractivity contribution in [3.05, 3.63) is 29.8 Å². The van der Waals surface area contributed by atoms with Crippen molar-refractivity contribution in [1.29, 1.82) is 0 Å². The predicted molar refractivity (Wildman–Crippen MR) is 73.4 cm³/mol. The van der Waals surface area contributed by atoms with E-state index in [1.54, 1.807) is 29.0 Å². The summed E-state index contributed by atoms with van der Waals surface area (Å²) in [6.07, 6.45) is 0. The van der Waals surface area contributed by atoms with Crippen LogP contribution in [-0.2, 0) is 16.8 Å². The Morgan fingerprint density at radius 2 is 2.10 bits per heavy atom. The molecule has 0 aliphatic rings. The van der Waals surface area contributed by atoms with Crippen LogP contribution in [0, 0.1) is 0 Å². The Morgan fingerprint density at radius 1 is 1.43 bits per heavy atom. The molecule has 0 heterocycles. The maximum atomic E-state index is 12.9. The van der Waals surface area contributed by atoms with E-state index in [-0.39, 0.29) is 6.54 Å². The van der Waals surface area contributed by atoms with E-state index in [1.807, 2.05) is 0 Å². The molecule has 9 heteroatoms. The molecule has 0 aliphatic carbocycles. The van der Waals surface area contributed by atoms with Gasteiger partial charge < -0.3 is 9.84 Å². The molecule has 1 rings (SSSR count). The Balaban J connectivity index is 2.70. The smallest absolute Gasteiger partial charge is 0.283 e. The zero-order valence-corrected chi connectivity index (χ0v) is 12.5. The van der Waals surface area contributed by atoms with E-state index in [0.29, 0.717) is 11.3 Å². The van der Waals surface area contributed by atoms with Gasteiger partial charge in [0.2, 0.25) is 0 Å². The normalized spacial score (nSPS) is 12.7. The fraction of sp³-hybridized carbons (Fsp3) is 0.500. The van der Waals surface area contributed by atoms with Crippen LogP contribution in [0.1, 0.15) is 5.56 Å². The van der Waals surface area contributed by atoms with Crippen LogP contribution < -0.4 is 9.46 Å². The lowest BCUT2D eigenvalue weighted by molar-refractivity contribution is -0.0439. The third-order valence-electron chi connectivity index (χ3n) is 2.69. The number of hydrogen-bond acceptors (Lipinski definition) is 4. The van der Waals surface area contributed by atoms with E-state index < -0.39 is 29.3 Å². The number of nitrogens with zero attached hydrogens (tertiary/aromatic N) is 1. The quantitative estimate of drug-likeness (QED) is 0.733. The Morgan fingerprint density at radius 3 is 2.67 bits per heavy atom. The van der Waals surface area contributed by atoms with Gasteiger partial charge in [-0.3, -0.25) is 0 Å². The van der Waals surface area contributed by atoms with Gasteiger partial charge in [0.05, 0.1) is 13.7 Å². The summed E-state index contributed by atoms with van der Waals surface area (Å²) in [7, 11) is -1.32. The van der Waals surface area contributed by atoms with Crippen LogP contribution in [0.2, 0.25) is 0 Å². The minimum absolute atomic E-state index is 0.00275. The number of methoxy groups -OCH3 is 1. The molecule has 0 unspecified atom stereocenters. The summed E-state index contributed by atoms with van der Waals surface area (Å²) in [6, 6.07) is 6.74. The third kappa shape index (κ3) is 5.54. The summed E-state index contributed by atoms with van der Waals surface area (Å²) in [5, 5.41) is 8.41. The highest BCUT2D eigenvalue weighted by molar-refractivity contribution is 7.87. The molecule has 120 valence electrons. The number of benzene rings is 1. The number of hydrogen-bond donors (Lipinski definition) is 2. The lowest BCUT2D eigenvalue weighted by Gasteiger charge is -2.20. The van der Waals surface area contributed by atoms with Crippen molar-refractivity contribution in [2.75, 3.05) is 27.3 Å². The van der Waals surface area contributed by atoms with Gasteiger partial charge in [0.25, 0.3) is 16.1 Å². The molecule has 0 saturated heterocycles. The van der Waals surface area contributed by atoms with Gasteiger partial charge in [0.15, 0.2) is 0 Å². The summed E-state index contributed by atoms with van der Waals surface area (Å²) < 4.78 is 57.0. The van der Waals surface area contributed by atoms with E-state index in [1.165, 1.54) is 14.2 Å². The van der Waals surface area contributed by atoms with Crippen LogP contribution in [0.25, 0.3) is 0 Å². The summed E-state index contributed by atoms with van der Waals surface area (Å²) in [5.74, 6) is -2.93. The van der Waals surface area contributed by atoms with E-state index in [0.717, 1.165) is 4.31 Å². The molecule has 0 amide bonds. The molecule has 2 N–H and O–H groups in total. The number of aliphatic hydroxyl groups excluding tert-OH is 1. The molecule has 0 atom stereocenters. The number of ether oxygens (including phenoxy) is 1. The molecule has 1 aromatic carbocycles. The fourth-order valence-corrected chi connectivity index (χ4v) is 2.41. The van der Waals surface area contributed by atoms with E-state index in [4.69, 9.17) is 9.84 Å². The SMILES string of the molecule is COc1cccc(CN(C)S(=O)(=O)NCC(F)(F)CO)c1. The lowest BCUT2D eigenvalue weighted by Crippen LogP contribution is -2.44. The van der Waals surface area contributed by atoms with Gasteiger partial charge in [-0.25, -0.2) is 8.78 Å². The minimum Gasteiger partial charge on any atom is -0.497 e. The van der Waals surface area contributed by atoms with Crippen molar-refractivity contribution in [1.82, 2.24) is 9.03 Å². The number of aliphatic hydroxyl groups is 1. The molecule has 0 bridgehead atoms. The molecule has 1 aromatic rings. The summed E-state index contributed by atoms with van der Waals surface area (Å²) in [6.45, 7) is -2.58. The summed E-state index contributed by atoms with van der Waals surface area (Å²) in [4.78, 5) is 0. The summed E-state index contributed by atoms with van der Waals surface area (Å²) >= 11 is 0. The van der Waals surface area contributed by atoms with Crippen LogP contribution >= 0.6 is 0 Å². The molecular formula is C12H18F2N2O4S. The van der Waals surface area contributed by atoms with Gasteiger partial charge in [0, 0.05) is 13.6 Å². The second-order valence-corrected chi connectivity index (χ2v) is 6.31. The van der Waals surface area contributed by atoms with Crippen LogP contribution in [0.4, 0.5) is 8.78 Å². The average Bonchev–Trinajstić information content (AvgIpc) is 2.45. The van der Waals surface area contributed by atoms with Gasteiger partial charge in [-0.05, 0) is 17.7 Å². The number of rotatable bonds is 8. The first kappa shape index (κ1) is 17.8. The maximum absolute atomic E-state index is 12.9. The number of halogens is 2. The molecule has 0 spiro atoms. The monoisotopic (exact) mass is 324 g/mol. The van der Waals surface area contributed by atoms with Gasteiger partial charge in [-0.15, -0.1) is 0 Å². The number of alkyl halides is 2. The van der Waals surface area contributed by atoms with Crippen molar-refractivity contribution in [2.45, 2.75) is 12.5 Å². The molecule has 0 fully saturated rings. The first-order valence-electron chi connectivity index (χ1n) is 6.03. The predicted octanol–water partition coefficient (Wildman–Crippen LogP) is 0.589. The molecule has 21 heavy (non-hydrogen) atoms. The first-order valence-corrected chi connectivity index (χ1v) is 7.47. The zero-order valence-electron chi connectivity index (χ0n) is 11.7. The summed E-state index contributed by atoms with van der Waals surface area (Å²) in [5.41, 5.74) is 0.649. The first-order chi connectivity index (χ1) is 9.70. The van der Waals surface area contributed by atoms with Crippen LogP contribution in [0.3, 0.4) is 0 Å². The maximum Gasteiger partial charge on any atom is 0.283 e. The van der Waals surface area contributed by atoms with E-state index >= 15 is 0 Å². The van der Waals surface area contributed by atoms with Crippen LogP contribution in [0.15, 0.2) is 24.3 Å². The Bertz CT molecular complexity index is 566. The molecular weight excluding hydrogens is 306 g/mol. The second kappa shape index (κ2) is 7.12. The second-order valence-electron chi connectivity index (χ2n) is 4.45. The van der Waals surface area contributed by atoms with Gasteiger partial charge >= 0.3 is 0 Å².